The number of H-pyrrole nitrogens is 1. The highest BCUT2D eigenvalue weighted by molar-refractivity contribution is 5.94. The fourth-order valence-corrected chi connectivity index (χ4v) is 4.02. The second-order valence-electron chi connectivity index (χ2n) is 7.26. The van der Waals surface area contributed by atoms with Gasteiger partial charge < -0.3 is 19.6 Å². The number of anilines is 1. The van der Waals surface area contributed by atoms with Gasteiger partial charge in [-0.1, -0.05) is 12.1 Å². The van der Waals surface area contributed by atoms with E-state index >= 15 is 0 Å². The first-order valence-electron chi connectivity index (χ1n) is 10.1. The van der Waals surface area contributed by atoms with Crippen molar-refractivity contribution in [3.8, 4) is 23.1 Å². The molecule has 0 spiro atoms. The molecule has 7 nitrogen and oxygen atoms in total. The van der Waals surface area contributed by atoms with Crippen molar-refractivity contribution in [2.45, 2.75) is 6.54 Å². The van der Waals surface area contributed by atoms with E-state index in [1.165, 1.54) is 19.5 Å². The lowest BCUT2D eigenvalue weighted by Gasteiger charge is -2.11. The summed E-state index contributed by atoms with van der Waals surface area (Å²) in [6.07, 6.45) is 3.41. The molecule has 8 heteroatoms. The fourth-order valence-electron chi connectivity index (χ4n) is 4.02. The van der Waals surface area contributed by atoms with Crippen LogP contribution in [-0.2, 0) is 6.54 Å². The van der Waals surface area contributed by atoms with Gasteiger partial charge in [-0.2, -0.15) is 5.26 Å². The van der Waals surface area contributed by atoms with Gasteiger partial charge in [0.1, 0.15) is 35.5 Å². The summed E-state index contributed by atoms with van der Waals surface area (Å²) < 4.78 is 21.6. The Morgan fingerprint density at radius 3 is 2.91 bits per heavy atom. The summed E-state index contributed by atoms with van der Waals surface area (Å²) in [5.74, 6) is 0.783. The fraction of sp³-hybridized carbons (Fsp3) is 0.125. The van der Waals surface area contributed by atoms with E-state index in [4.69, 9.17) is 4.74 Å². The zero-order chi connectivity index (χ0) is 22.1. The summed E-state index contributed by atoms with van der Waals surface area (Å²) in [6, 6.07) is 16.6. The van der Waals surface area contributed by atoms with Crippen LogP contribution in [0.15, 0.2) is 61.1 Å². The zero-order valence-electron chi connectivity index (χ0n) is 17.3. The van der Waals surface area contributed by atoms with E-state index in [-0.39, 0.29) is 0 Å². The number of benzene rings is 2. The van der Waals surface area contributed by atoms with Gasteiger partial charge in [0.2, 0.25) is 0 Å². The van der Waals surface area contributed by atoms with E-state index in [2.05, 4.69) is 26.3 Å². The van der Waals surface area contributed by atoms with E-state index < -0.39 is 5.82 Å². The second-order valence-corrected chi connectivity index (χ2v) is 7.26. The number of hydrogen-bond donors (Lipinski definition) is 2. The molecular formula is C24H19FN6O. The van der Waals surface area contributed by atoms with Crippen LogP contribution in [0.25, 0.3) is 33.1 Å². The van der Waals surface area contributed by atoms with Crippen molar-refractivity contribution in [2.75, 3.05) is 19.0 Å². The molecule has 5 aromatic rings. The summed E-state index contributed by atoms with van der Waals surface area (Å²) in [4.78, 5) is 11.9. The number of rotatable bonds is 6. The topological polar surface area (TPSA) is 91.5 Å². The molecule has 0 aliphatic carbocycles. The predicted molar refractivity (Wildman–Crippen MR) is 121 cm³/mol. The minimum atomic E-state index is -0.397. The average molecular weight is 426 g/mol. The molecule has 0 fully saturated rings. The molecule has 32 heavy (non-hydrogen) atoms. The monoisotopic (exact) mass is 426 g/mol. The maximum absolute atomic E-state index is 14.6. The molecule has 0 radical (unpaired) electrons. The summed E-state index contributed by atoms with van der Waals surface area (Å²) >= 11 is 0. The first-order chi connectivity index (χ1) is 15.7. The lowest BCUT2D eigenvalue weighted by Crippen LogP contribution is -2.13. The highest BCUT2D eigenvalue weighted by Gasteiger charge is 2.16. The molecule has 0 saturated carbocycles. The van der Waals surface area contributed by atoms with Crippen LogP contribution >= 0.6 is 0 Å². The molecule has 158 valence electrons. The number of methoxy groups -OCH3 is 1. The first-order valence-corrected chi connectivity index (χ1v) is 10.1. The van der Waals surface area contributed by atoms with E-state index in [1.807, 2.05) is 36.5 Å². The molecule has 0 aliphatic heterocycles. The molecular weight excluding hydrogens is 407 g/mol. The van der Waals surface area contributed by atoms with Crippen LogP contribution in [0.3, 0.4) is 0 Å². The van der Waals surface area contributed by atoms with Crippen molar-refractivity contribution in [1.29, 1.82) is 5.26 Å². The van der Waals surface area contributed by atoms with Gasteiger partial charge in [-0.3, -0.25) is 0 Å². The Balaban J connectivity index is 1.40. The number of halogens is 1. The van der Waals surface area contributed by atoms with Crippen LogP contribution in [-0.4, -0.2) is 33.2 Å². The molecule has 2 N–H and O–H groups in total. The normalized spacial score (nSPS) is 11.0. The lowest BCUT2D eigenvalue weighted by atomic mass is 10.1. The molecule has 2 aromatic carbocycles. The molecule has 0 saturated heterocycles. The third kappa shape index (κ3) is 3.30. The van der Waals surface area contributed by atoms with Crippen LogP contribution in [0.4, 0.5) is 10.2 Å². The minimum absolute atomic E-state index is 0.352. The number of nitrogens with zero attached hydrogens (tertiary/aromatic N) is 4. The van der Waals surface area contributed by atoms with Gasteiger partial charge in [-0.15, -0.1) is 0 Å². The van der Waals surface area contributed by atoms with Gasteiger partial charge >= 0.3 is 0 Å². The van der Waals surface area contributed by atoms with Crippen LogP contribution < -0.4 is 10.1 Å². The average Bonchev–Trinajstić information content (AvgIpc) is 3.45. The summed E-state index contributed by atoms with van der Waals surface area (Å²) in [5.41, 5.74) is 3.56. The van der Waals surface area contributed by atoms with Crippen LogP contribution in [0, 0.1) is 17.1 Å². The maximum Gasteiger partial charge on any atom is 0.147 e. The maximum atomic E-state index is 14.6. The number of nitrogens with one attached hydrogen (secondary N) is 2. The van der Waals surface area contributed by atoms with Gasteiger partial charge in [-0.25, -0.2) is 14.4 Å². The smallest absolute Gasteiger partial charge is 0.147 e. The highest BCUT2D eigenvalue weighted by Crippen LogP contribution is 2.31. The van der Waals surface area contributed by atoms with Crippen molar-refractivity contribution in [3.63, 3.8) is 0 Å². The predicted octanol–water partition coefficient (Wildman–Crippen LogP) is 4.71. The van der Waals surface area contributed by atoms with Gasteiger partial charge in [0.05, 0.1) is 18.3 Å². The van der Waals surface area contributed by atoms with Crippen molar-refractivity contribution in [2.24, 2.45) is 0 Å². The highest BCUT2D eigenvalue weighted by atomic mass is 19.1. The number of fused-ring (bicyclic) bond motifs is 2. The van der Waals surface area contributed by atoms with E-state index in [9.17, 15) is 9.65 Å². The summed E-state index contributed by atoms with van der Waals surface area (Å²) in [7, 11) is 1.53. The van der Waals surface area contributed by atoms with Crippen LogP contribution in [0.1, 0.15) is 5.69 Å². The third-order valence-electron chi connectivity index (χ3n) is 5.48. The van der Waals surface area contributed by atoms with Crippen molar-refractivity contribution < 1.29 is 9.13 Å². The van der Waals surface area contributed by atoms with E-state index in [0.717, 1.165) is 22.2 Å². The molecule has 3 aromatic heterocycles. The van der Waals surface area contributed by atoms with Gasteiger partial charge in [0.25, 0.3) is 0 Å². The molecule has 3 heterocycles. The number of aromatic amines is 1. The molecule has 0 bridgehead atoms. The number of nitriles is 1. The lowest BCUT2D eigenvalue weighted by molar-refractivity contribution is 0.419. The zero-order valence-corrected chi connectivity index (χ0v) is 17.3. The van der Waals surface area contributed by atoms with Gasteiger partial charge in [-0.05, 0) is 30.3 Å². The SMILES string of the molecule is COc1ccc(F)c2c1cc(C#N)n2CCNc1cc(-c2cccc3[nH]ccc23)ncn1. The van der Waals surface area contributed by atoms with Crippen molar-refractivity contribution in [1.82, 2.24) is 19.5 Å². The summed E-state index contributed by atoms with van der Waals surface area (Å²) in [5, 5.41) is 14.5. The number of ether oxygens (including phenoxy) is 1. The first kappa shape index (κ1) is 19.6. The van der Waals surface area contributed by atoms with E-state index in [1.54, 1.807) is 16.7 Å². The largest absolute Gasteiger partial charge is 0.496 e. The Bertz CT molecular complexity index is 1480. The standard InChI is InChI=1S/C24H19FN6O/c1-32-22-6-5-19(25)24-18(22)11-15(13-26)31(24)10-9-28-23-12-21(29-14-30-23)16-3-2-4-20-17(16)7-8-27-20/h2-8,11-12,14,27H,9-10H2,1H3,(H,28,29,30). The van der Waals surface area contributed by atoms with Gasteiger partial charge in [0.15, 0.2) is 0 Å². The molecule has 0 atom stereocenters. The van der Waals surface area contributed by atoms with Gasteiger partial charge in [0, 0.05) is 47.2 Å². The van der Waals surface area contributed by atoms with Crippen LogP contribution in [0.5, 0.6) is 5.75 Å². The van der Waals surface area contributed by atoms with Crippen molar-refractivity contribution in [3.05, 3.63) is 72.6 Å². The molecule has 0 unspecified atom stereocenters. The Hall–Kier alpha value is -4.38. The Labute approximate surface area is 183 Å². The quantitative estimate of drug-likeness (QED) is 0.410. The summed E-state index contributed by atoms with van der Waals surface area (Å²) in [6.45, 7) is 0.823. The Morgan fingerprint density at radius 1 is 1.16 bits per heavy atom. The van der Waals surface area contributed by atoms with Crippen LogP contribution in [0.2, 0.25) is 0 Å². The third-order valence-corrected chi connectivity index (χ3v) is 5.48. The minimum Gasteiger partial charge on any atom is -0.496 e. The van der Waals surface area contributed by atoms with E-state index in [0.29, 0.717) is 41.3 Å². The molecule has 0 aliphatic rings. The molecule has 0 amide bonds. The Morgan fingerprint density at radius 2 is 2.06 bits per heavy atom. The Kier molecular flexibility index (Phi) is 4.92. The number of aromatic nitrogens is 4. The molecule has 5 rings (SSSR count). The second kappa shape index (κ2) is 8.04. The number of hydrogen-bond acceptors (Lipinski definition) is 5. The van der Waals surface area contributed by atoms with Crippen molar-refractivity contribution >= 4 is 27.6 Å².